The van der Waals surface area contributed by atoms with E-state index in [9.17, 15) is 18.3 Å². The Morgan fingerprint density at radius 3 is 2.77 bits per heavy atom. The molecule has 9 heteroatoms. The molecule has 0 spiro atoms. The van der Waals surface area contributed by atoms with E-state index in [1.807, 2.05) is 24.3 Å². The monoisotopic (exact) mass is 438 g/mol. The summed E-state index contributed by atoms with van der Waals surface area (Å²) in [5.74, 6) is 0.626. The van der Waals surface area contributed by atoms with Gasteiger partial charge in [-0.25, -0.2) is 13.1 Å². The molecule has 30 heavy (non-hydrogen) atoms. The molecule has 4 aliphatic rings. The fourth-order valence-electron chi connectivity index (χ4n) is 4.97. The van der Waals surface area contributed by atoms with Crippen LogP contribution in [0.15, 0.2) is 24.3 Å². The van der Waals surface area contributed by atoms with Crippen molar-refractivity contribution in [1.29, 1.82) is 0 Å². The van der Waals surface area contributed by atoms with Gasteiger partial charge in [0.15, 0.2) is 6.61 Å². The van der Waals surface area contributed by atoms with Gasteiger partial charge in [0.05, 0.1) is 31.1 Å². The number of nitrogens with zero attached hydrogens (tertiary/aromatic N) is 1. The lowest BCUT2D eigenvalue weighted by Crippen LogP contribution is -2.60. The van der Waals surface area contributed by atoms with E-state index in [0.717, 1.165) is 18.2 Å². The van der Waals surface area contributed by atoms with Crippen LogP contribution in [0.25, 0.3) is 0 Å². The zero-order chi connectivity index (χ0) is 21.3. The number of hydrogen-bond donors (Lipinski definition) is 2. The Bertz CT molecular complexity index is 876. The maximum absolute atomic E-state index is 13.0. The summed E-state index contributed by atoms with van der Waals surface area (Å²) in [5, 5.41) is 10.7. The third-order valence-electron chi connectivity index (χ3n) is 6.41. The maximum Gasteiger partial charge on any atom is 0.260 e. The zero-order valence-electron chi connectivity index (χ0n) is 17.2. The highest BCUT2D eigenvalue weighted by Gasteiger charge is 2.39. The maximum atomic E-state index is 13.0. The highest BCUT2D eigenvalue weighted by Crippen LogP contribution is 2.39. The third-order valence-corrected chi connectivity index (χ3v) is 7.14. The normalized spacial score (nSPS) is 32.8. The fraction of sp³-hybridized carbons (Fsp3) is 0.667. The number of rotatable bonds is 2. The van der Waals surface area contributed by atoms with Gasteiger partial charge in [0, 0.05) is 12.6 Å². The van der Waals surface area contributed by atoms with Crippen LogP contribution in [0.2, 0.25) is 0 Å². The number of aliphatic hydroxyl groups excluding tert-OH is 1. The highest BCUT2D eigenvalue weighted by molar-refractivity contribution is 7.88. The molecule has 2 unspecified atom stereocenters. The number of piperidine rings is 1. The Morgan fingerprint density at radius 2 is 2.00 bits per heavy atom. The standard InChI is InChI=1S/C21H30N2O6S/c1-30(26,27)22-16-6-4-10-23-17(16)12-28-20-9-8-14(11-18(20)24)15-5-2-3-7-19(15)29-13-21(23)25/h2-3,5,7,14,16-18,20,22,24H,4,6,8-13H2,1H3/t14?,16?,17-,18+,20+/m0/s1. The van der Waals surface area contributed by atoms with Gasteiger partial charge in [-0.3, -0.25) is 4.79 Å². The van der Waals surface area contributed by atoms with Crippen LogP contribution in [0.4, 0.5) is 0 Å². The predicted molar refractivity (Wildman–Crippen MR) is 111 cm³/mol. The summed E-state index contributed by atoms with van der Waals surface area (Å²) in [5.41, 5.74) is 1.01. The molecular weight excluding hydrogens is 408 g/mol. The Labute approximate surface area is 177 Å². The van der Waals surface area contributed by atoms with Gasteiger partial charge in [0.1, 0.15) is 5.75 Å². The van der Waals surface area contributed by atoms with Crippen LogP contribution in [0.3, 0.4) is 0 Å². The van der Waals surface area contributed by atoms with Crippen molar-refractivity contribution in [2.45, 2.75) is 62.3 Å². The lowest BCUT2D eigenvalue weighted by atomic mass is 9.80. The second-order valence-electron chi connectivity index (χ2n) is 8.57. The van der Waals surface area contributed by atoms with Crippen LogP contribution in [-0.4, -0.2) is 74.6 Å². The molecule has 1 saturated carbocycles. The average Bonchev–Trinajstić information content (AvgIpc) is 2.71. The largest absolute Gasteiger partial charge is 0.483 e. The minimum atomic E-state index is -3.43. The van der Waals surface area contributed by atoms with Crippen molar-refractivity contribution in [3.8, 4) is 5.75 Å². The molecule has 8 nitrogen and oxygen atoms in total. The minimum absolute atomic E-state index is 0.113. The molecule has 166 valence electrons. The molecule has 5 rings (SSSR count). The summed E-state index contributed by atoms with van der Waals surface area (Å²) in [7, 11) is -3.43. The van der Waals surface area contributed by atoms with Crippen LogP contribution >= 0.6 is 0 Å². The Hall–Kier alpha value is -1.68. The van der Waals surface area contributed by atoms with Gasteiger partial charge in [0.2, 0.25) is 10.0 Å². The lowest BCUT2D eigenvalue weighted by Gasteiger charge is -2.42. The first-order chi connectivity index (χ1) is 14.3. The van der Waals surface area contributed by atoms with Gasteiger partial charge in [-0.15, -0.1) is 0 Å². The van der Waals surface area contributed by atoms with Gasteiger partial charge in [-0.1, -0.05) is 18.2 Å². The zero-order valence-corrected chi connectivity index (χ0v) is 18.0. The molecule has 0 aromatic heterocycles. The molecule has 1 saturated heterocycles. The number of amides is 1. The average molecular weight is 439 g/mol. The SMILES string of the molecule is CS(=O)(=O)NC1CCCN2C(=O)COc3ccccc3C3CC[C@@H](OC[C@@H]12)[C@H](O)C3. The number of aliphatic hydroxyl groups is 1. The van der Waals surface area contributed by atoms with Crippen molar-refractivity contribution in [2.24, 2.45) is 0 Å². The number of sulfonamides is 1. The van der Waals surface area contributed by atoms with Crippen molar-refractivity contribution in [2.75, 3.05) is 26.0 Å². The molecule has 1 amide bonds. The molecule has 3 aliphatic heterocycles. The van der Waals surface area contributed by atoms with Crippen LogP contribution in [0.1, 0.15) is 43.6 Å². The Kier molecular flexibility index (Phi) is 6.34. The fourth-order valence-corrected chi connectivity index (χ4v) is 5.80. The van der Waals surface area contributed by atoms with Crippen molar-refractivity contribution in [3.05, 3.63) is 29.8 Å². The second-order valence-corrected chi connectivity index (χ2v) is 10.3. The van der Waals surface area contributed by atoms with Crippen molar-refractivity contribution >= 4 is 15.9 Å². The minimum Gasteiger partial charge on any atom is -0.483 e. The quantitative estimate of drug-likeness (QED) is 0.714. The summed E-state index contributed by atoms with van der Waals surface area (Å²) < 4.78 is 38.4. The molecule has 1 aliphatic carbocycles. The van der Waals surface area contributed by atoms with Gasteiger partial charge in [-0.2, -0.15) is 0 Å². The summed E-state index contributed by atoms with van der Waals surface area (Å²) in [6.07, 6.45) is 3.63. The van der Waals surface area contributed by atoms with E-state index < -0.39 is 28.2 Å². The molecule has 1 aromatic carbocycles. The van der Waals surface area contributed by atoms with E-state index in [4.69, 9.17) is 9.47 Å². The molecule has 2 fully saturated rings. The van der Waals surface area contributed by atoms with Gasteiger partial charge in [-0.05, 0) is 49.7 Å². The molecular formula is C21H30N2O6S. The topological polar surface area (TPSA) is 105 Å². The van der Waals surface area contributed by atoms with Gasteiger partial charge >= 0.3 is 0 Å². The van der Waals surface area contributed by atoms with E-state index in [-0.39, 0.29) is 31.1 Å². The molecule has 2 bridgehead atoms. The number of carbonyl (C=O) groups excluding carboxylic acids is 1. The smallest absolute Gasteiger partial charge is 0.260 e. The number of carbonyl (C=O) groups is 1. The van der Waals surface area contributed by atoms with E-state index in [0.29, 0.717) is 38.0 Å². The lowest BCUT2D eigenvalue weighted by molar-refractivity contribution is -0.142. The van der Waals surface area contributed by atoms with Gasteiger partial charge in [0.25, 0.3) is 5.91 Å². The molecule has 3 heterocycles. The Morgan fingerprint density at radius 1 is 1.20 bits per heavy atom. The number of fused-ring (bicyclic) bond motifs is 5. The van der Waals surface area contributed by atoms with E-state index in [1.165, 1.54) is 0 Å². The van der Waals surface area contributed by atoms with Crippen molar-refractivity contribution in [1.82, 2.24) is 9.62 Å². The van der Waals surface area contributed by atoms with Crippen LogP contribution < -0.4 is 9.46 Å². The predicted octanol–water partition coefficient (Wildman–Crippen LogP) is 1.00. The number of para-hydroxylation sites is 1. The molecule has 5 atom stereocenters. The Balaban J connectivity index is 1.64. The van der Waals surface area contributed by atoms with E-state index in [1.54, 1.807) is 4.90 Å². The highest BCUT2D eigenvalue weighted by atomic mass is 32.2. The third kappa shape index (κ3) is 4.80. The number of nitrogens with one attached hydrogen (secondary N) is 1. The number of benzene rings is 1. The number of hydrogen-bond acceptors (Lipinski definition) is 6. The summed E-state index contributed by atoms with van der Waals surface area (Å²) in [4.78, 5) is 14.7. The summed E-state index contributed by atoms with van der Waals surface area (Å²) >= 11 is 0. The van der Waals surface area contributed by atoms with Crippen molar-refractivity contribution in [3.63, 3.8) is 0 Å². The van der Waals surface area contributed by atoms with Crippen LogP contribution in [0.5, 0.6) is 5.75 Å². The van der Waals surface area contributed by atoms with E-state index >= 15 is 0 Å². The number of ether oxygens (including phenoxy) is 2. The summed E-state index contributed by atoms with van der Waals surface area (Å²) in [6, 6.07) is 6.81. The molecule has 2 N–H and O–H groups in total. The van der Waals surface area contributed by atoms with Crippen molar-refractivity contribution < 1.29 is 27.8 Å². The summed E-state index contributed by atoms with van der Waals surface area (Å²) in [6.45, 7) is 0.589. The first kappa shape index (κ1) is 21.5. The molecule has 1 aromatic rings. The molecule has 0 radical (unpaired) electrons. The second kappa shape index (κ2) is 8.82. The van der Waals surface area contributed by atoms with Crippen LogP contribution in [-0.2, 0) is 19.6 Å². The first-order valence-corrected chi connectivity index (χ1v) is 12.5. The van der Waals surface area contributed by atoms with Gasteiger partial charge < -0.3 is 19.5 Å². The first-order valence-electron chi connectivity index (χ1n) is 10.6. The van der Waals surface area contributed by atoms with E-state index in [2.05, 4.69) is 4.72 Å². The van der Waals surface area contributed by atoms with Crippen LogP contribution in [0, 0.1) is 0 Å².